The number of rotatable bonds is 6. The molecule has 0 heterocycles. The fraction of sp³-hybridized carbons (Fsp3) is 0.0476. The van der Waals surface area contributed by atoms with Crippen molar-refractivity contribution in [1.82, 2.24) is 0 Å². The topological polar surface area (TPSA) is 86.7 Å². The second-order valence-corrected chi connectivity index (χ2v) is 9.86. The van der Waals surface area contributed by atoms with E-state index in [4.69, 9.17) is 8.37 Å². The molecular formula is C21H17NaO6S2. The molecule has 30 heavy (non-hydrogen) atoms. The molecule has 0 unspecified atom stereocenters. The van der Waals surface area contributed by atoms with Crippen LogP contribution < -0.4 is 8.37 Å². The maximum atomic E-state index is 12.4. The normalized spacial score (nSPS) is 11.7. The zero-order valence-corrected chi connectivity index (χ0v) is 16.7. The Morgan fingerprint density at radius 1 is 0.533 bits per heavy atom. The molecule has 0 radical (unpaired) electrons. The van der Waals surface area contributed by atoms with Gasteiger partial charge in [-0.05, 0) is 22.9 Å². The summed E-state index contributed by atoms with van der Waals surface area (Å²) in [6, 6.07) is 23.9. The minimum atomic E-state index is -4.47. The van der Waals surface area contributed by atoms with Crippen LogP contribution in [0, 0.1) is 0 Å². The van der Waals surface area contributed by atoms with E-state index in [0.717, 1.165) is 10.8 Å². The number of hydrogen-bond donors (Lipinski definition) is 0. The van der Waals surface area contributed by atoms with Crippen LogP contribution >= 0.6 is 0 Å². The Balaban J connectivity index is 0.00000256. The Hall–Kier alpha value is -2.10. The average molecular weight is 452 g/mol. The van der Waals surface area contributed by atoms with E-state index in [1.54, 1.807) is 60.7 Å². The summed E-state index contributed by atoms with van der Waals surface area (Å²) >= 11 is 0. The first-order valence-corrected chi connectivity index (χ1v) is 11.8. The quantitative estimate of drug-likeness (QED) is 0.329. The van der Waals surface area contributed by atoms with E-state index < -0.39 is 25.3 Å². The van der Waals surface area contributed by atoms with Crippen molar-refractivity contribution in [3.8, 4) is 11.5 Å². The van der Waals surface area contributed by atoms with Crippen LogP contribution in [0.5, 0.6) is 11.5 Å². The van der Waals surface area contributed by atoms with Crippen LogP contribution in [0.2, 0.25) is 0 Å². The molecule has 4 aromatic carbocycles. The van der Waals surface area contributed by atoms with Gasteiger partial charge in [-0.15, -0.1) is 0 Å². The second kappa shape index (κ2) is 8.95. The molecule has 0 fully saturated rings. The fourth-order valence-corrected chi connectivity index (χ4v) is 5.67. The van der Waals surface area contributed by atoms with Crippen LogP contribution in [0.4, 0.5) is 0 Å². The van der Waals surface area contributed by atoms with Crippen molar-refractivity contribution in [2.75, 3.05) is 5.08 Å². The molecule has 0 bridgehead atoms. The van der Waals surface area contributed by atoms with Crippen LogP contribution in [0.15, 0.2) is 84.9 Å². The number of fused-ring (bicyclic) bond motifs is 2. The summed E-state index contributed by atoms with van der Waals surface area (Å²) in [7, 11) is -8.94. The van der Waals surface area contributed by atoms with Crippen molar-refractivity contribution in [1.29, 1.82) is 0 Å². The number of benzene rings is 4. The molecule has 0 aromatic heterocycles. The zero-order chi connectivity index (χ0) is 20.5. The Labute approximate surface area is 197 Å². The van der Waals surface area contributed by atoms with Gasteiger partial charge in [0.2, 0.25) is 5.08 Å². The maximum absolute atomic E-state index is 12.4. The average Bonchev–Trinajstić information content (AvgIpc) is 2.67. The molecule has 0 aliphatic carbocycles. The van der Waals surface area contributed by atoms with Gasteiger partial charge in [0, 0.05) is 10.8 Å². The molecule has 0 N–H and O–H groups in total. The molecule has 0 aliphatic heterocycles. The fourth-order valence-electron chi connectivity index (χ4n) is 3.04. The SMILES string of the molecule is O=S(=O)(CS(=O)(=O)Oc1cccc2ccccc12)Oc1cccc2ccccc12.[NaH]. The van der Waals surface area contributed by atoms with E-state index in [9.17, 15) is 16.8 Å². The summed E-state index contributed by atoms with van der Waals surface area (Å²) in [5.41, 5.74) is 0. The molecule has 6 nitrogen and oxygen atoms in total. The Bertz CT molecular complexity index is 1300. The third kappa shape index (κ3) is 5.14. The van der Waals surface area contributed by atoms with Crippen molar-refractivity contribution in [3.63, 3.8) is 0 Å². The van der Waals surface area contributed by atoms with E-state index in [1.807, 2.05) is 12.1 Å². The van der Waals surface area contributed by atoms with Crippen molar-refractivity contribution in [2.45, 2.75) is 0 Å². The third-order valence-corrected chi connectivity index (χ3v) is 7.40. The van der Waals surface area contributed by atoms with Crippen LogP contribution in [0.25, 0.3) is 21.5 Å². The molecule has 9 heteroatoms. The van der Waals surface area contributed by atoms with E-state index in [-0.39, 0.29) is 41.1 Å². The van der Waals surface area contributed by atoms with Gasteiger partial charge in [0.25, 0.3) is 0 Å². The van der Waals surface area contributed by atoms with Gasteiger partial charge in [0.1, 0.15) is 11.5 Å². The molecule has 0 saturated heterocycles. The van der Waals surface area contributed by atoms with Gasteiger partial charge < -0.3 is 8.37 Å². The van der Waals surface area contributed by atoms with Gasteiger partial charge in [-0.1, -0.05) is 72.8 Å². The Morgan fingerprint density at radius 2 is 0.900 bits per heavy atom. The molecule has 4 rings (SSSR count). The van der Waals surface area contributed by atoms with Gasteiger partial charge in [-0.2, -0.15) is 16.8 Å². The molecule has 0 saturated carbocycles. The molecule has 0 spiro atoms. The molecule has 150 valence electrons. The summed E-state index contributed by atoms with van der Waals surface area (Å²) in [6.07, 6.45) is 0. The van der Waals surface area contributed by atoms with Gasteiger partial charge in [0.05, 0.1) is 0 Å². The first kappa shape index (κ1) is 22.6. The Morgan fingerprint density at radius 3 is 1.33 bits per heavy atom. The van der Waals surface area contributed by atoms with Gasteiger partial charge in [-0.25, -0.2) is 0 Å². The second-order valence-electron chi connectivity index (χ2n) is 6.35. The van der Waals surface area contributed by atoms with Crippen molar-refractivity contribution >= 4 is 71.3 Å². The van der Waals surface area contributed by atoms with Gasteiger partial charge in [-0.3, -0.25) is 0 Å². The van der Waals surface area contributed by atoms with Gasteiger partial charge >= 0.3 is 49.8 Å². The van der Waals surface area contributed by atoms with Gasteiger partial charge in [0.15, 0.2) is 0 Å². The summed E-state index contributed by atoms with van der Waals surface area (Å²) in [4.78, 5) is 0. The third-order valence-electron chi connectivity index (χ3n) is 4.22. The monoisotopic (exact) mass is 452 g/mol. The Kier molecular flexibility index (Phi) is 6.74. The molecule has 0 atom stereocenters. The molecule has 0 amide bonds. The summed E-state index contributed by atoms with van der Waals surface area (Å²) in [5, 5.41) is 1.36. The minimum absolute atomic E-state index is 0. The van der Waals surface area contributed by atoms with Crippen LogP contribution in [-0.4, -0.2) is 51.5 Å². The molecule has 0 aliphatic rings. The van der Waals surface area contributed by atoms with Crippen LogP contribution in [0.1, 0.15) is 0 Å². The van der Waals surface area contributed by atoms with Crippen molar-refractivity contribution in [3.05, 3.63) is 84.9 Å². The predicted molar refractivity (Wildman–Crippen MR) is 119 cm³/mol. The van der Waals surface area contributed by atoms with Crippen molar-refractivity contribution in [2.24, 2.45) is 0 Å². The van der Waals surface area contributed by atoms with Crippen LogP contribution in [0.3, 0.4) is 0 Å². The van der Waals surface area contributed by atoms with E-state index >= 15 is 0 Å². The first-order valence-electron chi connectivity index (χ1n) is 8.63. The van der Waals surface area contributed by atoms with E-state index in [1.165, 1.54) is 12.1 Å². The molecule has 4 aromatic rings. The van der Waals surface area contributed by atoms with E-state index in [2.05, 4.69) is 0 Å². The standard InChI is InChI=1S/C21H16O6S2.Na.H/c22-28(23,26-20-13-5-9-16-7-1-3-11-18(16)20)15-29(24,25)27-21-14-6-10-17-8-2-4-12-19(17)21;;/h1-14H,15H2;;. The number of hydrogen-bond acceptors (Lipinski definition) is 6. The van der Waals surface area contributed by atoms with Crippen LogP contribution in [-0.2, 0) is 20.2 Å². The van der Waals surface area contributed by atoms with E-state index in [0.29, 0.717) is 10.8 Å². The molecular weight excluding hydrogens is 435 g/mol. The zero-order valence-electron chi connectivity index (χ0n) is 15.1. The first-order chi connectivity index (χ1) is 13.8. The van der Waals surface area contributed by atoms with Crippen molar-refractivity contribution < 1.29 is 25.2 Å². The summed E-state index contributed by atoms with van der Waals surface area (Å²) in [5.74, 6) is 0.118. The summed E-state index contributed by atoms with van der Waals surface area (Å²) in [6.45, 7) is 0. The predicted octanol–water partition coefficient (Wildman–Crippen LogP) is 3.42. The summed E-state index contributed by atoms with van der Waals surface area (Å²) < 4.78 is 59.9.